The van der Waals surface area contributed by atoms with Gasteiger partial charge in [-0.2, -0.15) is 0 Å². The molecule has 0 spiro atoms. The van der Waals surface area contributed by atoms with Crippen LogP contribution in [0.5, 0.6) is 5.75 Å². The number of pyridine rings is 1. The Labute approximate surface area is 152 Å². The zero-order chi connectivity index (χ0) is 17.7. The average Bonchev–Trinajstić information content (AvgIpc) is 2.66. The van der Waals surface area contributed by atoms with Gasteiger partial charge in [0.2, 0.25) is 0 Å². The average molecular weight is 335 g/mol. The molecule has 1 heterocycles. The second-order valence-corrected chi connectivity index (χ2v) is 6.34. The first-order chi connectivity index (χ1) is 12.3. The Hall–Kier alpha value is -2.27. The number of benzene rings is 1. The van der Waals surface area contributed by atoms with Crippen molar-refractivity contribution in [2.45, 2.75) is 58.8 Å². The molecule has 1 aromatic carbocycles. The second kappa shape index (κ2) is 11.3. The van der Waals surface area contributed by atoms with E-state index in [0.717, 1.165) is 36.5 Å². The molecule has 0 saturated heterocycles. The summed E-state index contributed by atoms with van der Waals surface area (Å²) in [7, 11) is 0. The van der Waals surface area contributed by atoms with E-state index in [1.165, 1.54) is 37.7 Å². The molecule has 0 atom stereocenters. The van der Waals surface area contributed by atoms with E-state index in [2.05, 4.69) is 36.7 Å². The number of nitrogens with zero attached hydrogens (tertiary/aromatic N) is 1. The maximum Gasteiger partial charge on any atom is 0.119 e. The van der Waals surface area contributed by atoms with Crippen LogP contribution in [0.3, 0.4) is 0 Å². The van der Waals surface area contributed by atoms with Crippen LogP contribution in [-0.4, -0.2) is 11.6 Å². The number of rotatable bonds is 9. The van der Waals surface area contributed by atoms with E-state index in [-0.39, 0.29) is 0 Å². The van der Waals surface area contributed by atoms with Crippen LogP contribution >= 0.6 is 0 Å². The molecule has 0 aliphatic heterocycles. The van der Waals surface area contributed by atoms with Crippen LogP contribution in [0.2, 0.25) is 0 Å². The van der Waals surface area contributed by atoms with Gasteiger partial charge in [0.15, 0.2) is 0 Å². The summed E-state index contributed by atoms with van der Waals surface area (Å²) in [4.78, 5) is 4.43. The van der Waals surface area contributed by atoms with Crippen LogP contribution in [0.25, 0.3) is 0 Å². The SMILES string of the molecule is CCCCCCOc1ccc(C#Cc2ccc(CCCC)cn2)cc1. The van der Waals surface area contributed by atoms with Crippen molar-refractivity contribution < 1.29 is 4.74 Å². The monoisotopic (exact) mass is 335 g/mol. The first-order valence-corrected chi connectivity index (χ1v) is 9.51. The third kappa shape index (κ3) is 7.44. The van der Waals surface area contributed by atoms with Gasteiger partial charge in [-0.05, 0) is 61.1 Å². The minimum atomic E-state index is 0.791. The molecule has 0 unspecified atom stereocenters. The predicted molar refractivity (Wildman–Crippen MR) is 105 cm³/mol. The maximum atomic E-state index is 5.76. The van der Waals surface area contributed by atoms with Crippen LogP contribution in [0.15, 0.2) is 42.6 Å². The molecule has 2 nitrogen and oxygen atoms in total. The fourth-order valence-electron chi connectivity index (χ4n) is 2.52. The van der Waals surface area contributed by atoms with Gasteiger partial charge in [-0.15, -0.1) is 0 Å². The molecule has 1 aromatic heterocycles. The van der Waals surface area contributed by atoms with Gasteiger partial charge in [0.1, 0.15) is 11.4 Å². The van der Waals surface area contributed by atoms with E-state index in [0.29, 0.717) is 0 Å². The molecule has 0 N–H and O–H groups in total. The van der Waals surface area contributed by atoms with Gasteiger partial charge in [-0.3, -0.25) is 0 Å². The summed E-state index contributed by atoms with van der Waals surface area (Å²) in [6.07, 6.45) is 10.3. The van der Waals surface area contributed by atoms with Crippen molar-refractivity contribution >= 4 is 0 Å². The molecule has 0 radical (unpaired) electrons. The molecule has 0 amide bonds. The molecule has 2 rings (SSSR count). The Bertz CT molecular complexity index is 662. The molecule has 0 bridgehead atoms. The number of hydrogen-bond acceptors (Lipinski definition) is 2. The fourth-order valence-corrected chi connectivity index (χ4v) is 2.52. The van der Waals surface area contributed by atoms with Gasteiger partial charge in [-0.1, -0.05) is 51.5 Å². The van der Waals surface area contributed by atoms with Crippen molar-refractivity contribution in [3.8, 4) is 17.6 Å². The number of ether oxygens (including phenoxy) is 1. The quantitative estimate of drug-likeness (QED) is 0.428. The summed E-state index contributed by atoms with van der Waals surface area (Å²) in [6, 6.07) is 12.1. The minimum absolute atomic E-state index is 0.791. The lowest BCUT2D eigenvalue weighted by Crippen LogP contribution is -1.96. The highest BCUT2D eigenvalue weighted by atomic mass is 16.5. The lowest BCUT2D eigenvalue weighted by molar-refractivity contribution is 0.305. The van der Waals surface area contributed by atoms with Crippen LogP contribution in [0.1, 0.15) is 69.2 Å². The summed E-state index contributed by atoms with van der Waals surface area (Å²) in [5, 5.41) is 0. The standard InChI is InChI=1S/C23H29NO/c1-3-5-7-8-18-25-23-16-12-20(13-17-23)10-14-22-15-11-21(19-24-22)9-6-4-2/h11-13,15-17,19H,3-9,18H2,1-2H3. The van der Waals surface area contributed by atoms with Gasteiger partial charge in [0.05, 0.1) is 6.61 Å². The fraction of sp³-hybridized carbons (Fsp3) is 0.435. The number of aryl methyl sites for hydroxylation is 1. The molecule has 0 fully saturated rings. The molecule has 132 valence electrons. The minimum Gasteiger partial charge on any atom is -0.494 e. The Morgan fingerprint density at radius 1 is 0.840 bits per heavy atom. The van der Waals surface area contributed by atoms with Crippen LogP contribution < -0.4 is 4.74 Å². The molecule has 25 heavy (non-hydrogen) atoms. The molecular formula is C23H29NO. The van der Waals surface area contributed by atoms with Crippen molar-refractivity contribution in [2.24, 2.45) is 0 Å². The Morgan fingerprint density at radius 2 is 1.64 bits per heavy atom. The highest BCUT2D eigenvalue weighted by Gasteiger charge is 1.96. The predicted octanol–water partition coefficient (Wildman–Crippen LogP) is 5.78. The van der Waals surface area contributed by atoms with Crippen molar-refractivity contribution in [3.05, 3.63) is 59.4 Å². The van der Waals surface area contributed by atoms with Gasteiger partial charge in [0, 0.05) is 11.8 Å². The first kappa shape index (κ1) is 19.1. The molecule has 0 aliphatic rings. The van der Waals surface area contributed by atoms with E-state index in [9.17, 15) is 0 Å². The van der Waals surface area contributed by atoms with Gasteiger partial charge in [0.25, 0.3) is 0 Å². The molecular weight excluding hydrogens is 306 g/mol. The van der Waals surface area contributed by atoms with Crippen molar-refractivity contribution in [2.75, 3.05) is 6.61 Å². The van der Waals surface area contributed by atoms with Crippen molar-refractivity contribution in [1.29, 1.82) is 0 Å². The summed E-state index contributed by atoms with van der Waals surface area (Å²) in [5.41, 5.74) is 3.08. The Balaban J connectivity index is 1.83. The molecule has 2 aromatic rings. The van der Waals surface area contributed by atoms with E-state index in [4.69, 9.17) is 4.74 Å². The van der Waals surface area contributed by atoms with E-state index in [1.54, 1.807) is 0 Å². The van der Waals surface area contributed by atoms with Gasteiger partial charge in [-0.25, -0.2) is 4.98 Å². The molecule has 0 aliphatic carbocycles. The zero-order valence-electron chi connectivity index (χ0n) is 15.6. The smallest absolute Gasteiger partial charge is 0.119 e. The van der Waals surface area contributed by atoms with E-state index >= 15 is 0 Å². The number of aromatic nitrogens is 1. The first-order valence-electron chi connectivity index (χ1n) is 9.51. The molecule has 0 saturated carbocycles. The van der Waals surface area contributed by atoms with Crippen molar-refractivity contribution in [3.63, 3.8) is 0 Å². The normalized spacial score (nSPS) is 10.2. The molecule has 2 heteroatoms. The largest absolute Gasteiger partial charge is 0.494 e. The highest BCUT2D eigenvalue weighted by molar-refractivity contribution is 5.42. The van der Waals surface area contributed by atoms with Crippen LogP contribution in [0, 0.1) is 11.8 Å². The Kier molecular flexibility index (Phi) is 8.63. The summed E-state index contributed by atoms with van der Waals surface area (Å²) in [6.45, 7) is 5.21. The Morgan fingerprint density at radius 3 is 2.32 bits per heavy atom. The third-order valence-corrected chi connectivity index (χ3v) is 4.10. The zero-order valence-corrected chi connectivity index (χ0v) is 15.6. The van der Waals surface area contributed by atoms with Gasteiger partial charge >= 0.3 is 0 Å². The van der Waals surface area contributed by atoms with Crippen LogP contribution in [0.4, 0.5) is 0 Å². The van der Waals surface area contributed by atoms with Gasteiger partial charge < -0.3 is 4.74 Å². The summed E-state index contributed by atoms with van der Waals surface area (Å²) >= 11 is 0. The second-order valence-electron chi connectivity index (χ2n) is 6.34. The third-order valence-electron chi connectivity index (χ3n) is 4.10. The van der Waals surface area contributed by atoms with Crippen molar-refractivity contribution in [1.82, 2.24) is 4.98 Å². The highest BCUT2D eigenvalue weighted by Crippen LogP contribution is 2.13. The summed E-state index contributed by atoms with van der Waals surface area (Å²) in [5.74, 6) is 7.21. The summed E-state index contributed by atoms with van der Waals surface area (Å²) < 4.78 is 5.76. The lowest BCUT2D eigenvalue weighted by atomic mass is 10.1. The number of hydrogen-bond donors (Lipinski definition) is 0. The maximum absolute atomic E-state index is 5.76. The lowest BCUT2D eigenvalue weighted by Gasteiger charge is -2.05. The topological polar surface area (TPSA) is 22.1 Å². The van der Waals surface area contributed by atoms with E-state index < -0.39 is 0 Å². The van der Waals surface area contributed by atoms with E-state index in [1.807, 2.05) is 36.5 Å². The number of unbranched alkanes of at least 4 members (excludes halogenated alkanes) is 4. The van der Waals surface area contributed by atoms with Crippen LogP contribution in [-0.2, 0) is 6.42 Å².